The van der Waals surface area contributed by atoms with Gasteiger partial charge in [-0.2, -0.15) is 5.16 Å². The Morgan fingerprint density at radius 2 is 2.00 bits per heavy atom. The van der Waals surface area contributed by atoms with E-state index in [1.165, 1.54) is 19.3 Å². The number of aromatic nitrogens is 1. The molecule has 5 heteroatoms. The highest BCUT2D eigenvalue weighted by atomic mass is 79.9. The number of halogens is 1. The van der Waals surface area contributed by atoms with E-state index in [0.717, 1.165) is 50.1 Å². The molecule has 19 heavy (non-hydrogen) atoms. The first-order valence-electron chi connectivity index (χ1n) is 7.34. The zero-order valence-corrected chi connectivity index (χ0v) is 13.3. The lowest BCUT2D eigenvalue weighted by Gasteiger charge is -2.18. The van der Waals surface area contributed by atoms with E-state index < -0.39 is 0 Å². The topological polar surface area (TPSA) is 62.6 Å². The van der Waals surface area contributed by atoms with Crippen LogP contribution >= 0.6 is 0 Å². The van der Waals surface area contributed by atoms with Gasteiger partial charge in [0.05, 0.1) is 18.7 Å². The summed E-state index contributed by atoms with van der Waals surface area (Å²) >= 11 is 0. The van der Waals surface area contributed by atoms with Crippen molar-refractivity contribution in [1.29, 1.82) is 0 Å². The lowest BCUT2D eigenvalue weighted by atomic mass is 9.91. The van der Waals surface area contributed by atoms with Crippen molar-refractivity contribution in [3.8, 4) is 0 Å². The van der Waals surface area contributed by atoms with Gasteiger partial charge in [-0.15, -0.1) is 0 Å². The van der Waals surface area contributed by atoms with Crippen LogP contribution in [-0.4, -0.2) is 18.2 Å². The molecule has 2 heterocycles. The van der Waals surface area contributed by atoms with Crippen molar-refractivity contribution < 1.29 is 26.8 Å². The van der Waals surface area contributed by atoms with E-state index in [0.29, 0.717) is 5.92 Å². The molecule has 0 amide bonds. The fourth-order valence-electron chi connectivity index (χ4n) is 2.82. The number of quaternary nitrogens is 1. The van der Waals surface area contributed by atoms with Gasteiger partial charge in [-0.05, 0) is 12.8 Å². The molecule has 0 bridgehead atoms. The van der Waals surface area contributed by atoms with E-state index >= 15 is 0 Å². The van der Waals surface area contributed by atoms with Gasteiger partial charge in [-0.3, -0.25) is 4.79 Å². The predicted molar refractivity (Wildman–Crippen MR) is 70.8 cm³/mol. The van der Waals surface area contributed by atoms with E-state index in [1.807, 2.05) is 0 Å². The maximum Gasteiger partial charge on any atom is 0.283 e. The minimum absolute atomic E-state index is 0. The van der Waals surface area contributed by atoms with Crippen molar-refractivity contribution >= 4 is 0 Å². The van der Waals surface area contributed by atoms with Crippen molar-refractivity contribution in [2.75, 3.05) is 13.1 Å². The molecule has 0 spiro atoms. The Balaban J connectivity index is 0.00000180. The van der Waals surface area contributed by atoms with Crippen LogP contribution < -0.4 is 27.9 Å². The smallest absolute Gasteiger partial charge is 0.283 e. The largest absolute Gasteiger partial charge is 1.00 e. The molecular weight excluding hydrogens is 308 g/mol. The Morgan fingerprint density at radius 3 is 2.68 bits per heavy atom. The van der Waals surface area contributed by atoms with Gasteiger partial charge in [0, 0.05) is 18.8 Å². The van der Waals surface area contributed by atoms with E-state index in [2.05, 4.69) is 17.4 Å². The lowest BCUT2D eigenvalue weighted by molar-refractivity contribution is -0.663. The average Bonchev–Trinajstić information content (AvgIpc) is 2.77. The standard InChI is InChI=1S/C14H24N2O2.BrH/c1-2-3-4-5-6-12-13(18-16-14(12)17)11-7-9-15-10-8-11;/h11,15H,2-10H2,1H3,(H,16,17);1H. The van der Waals surface area contributed by atoms with Gasteiger partial charge in [0.1, 0.15) is 5.76 Å². The van der Waals surface area contributed by atoms with Crippen molar-refractivity contribution in [3.05, 3.63) is 21.7 Å². The zero-order chi connectivity index (χ0) is 12.8. The van der Waals surface area contributed by atoms with Gasteiger partial charge < -0.3 is 26.8 Å². The number of rotatable bonds is 6. The van der Waals surface area contributed by atoms with Crippen LogP contribution in [0.4, 0.5) is 0 Å². The van der Waals surface area contributed by atoms with Crippen molar-refractivity contribution in [2.45, 2.75) is 57.8 Å². The number of H-pyrrole nitrogens is 1. The van der Waals surface area contributed by atoms with Crippen LogP contribution in [0, 0.1) is 0 Å². The van der Waals surface area contributed by atoms with Gasteiger partial charge >= 0.3 is 0 Å². The van der Waals surface area contributed by atoms with Crippen molar-refractivity contribution in [1.82, 2.24) is 5.16 Å². The fourth-order valence-corrected chi connectivity index (χ4v) is 2.82. The van der Waals surface area contributed by atoms with Crippen LogP contribution in [0.5, 0.6) is 0 Å². The van der Waals surface area contributed by atoms with Gasteiger partial charge in [0.2, 0.25) is 0 Å². The first-order chi connectivity index (χ1) is 8.83. The number of hydrogen-bond donors (Lipinski definition) is 2. The molecule has 1 aliphatic rings. The summed E-state index contributed by atoms with van der Waals surface area (Å²) in [5.41, 5.74) is 0.911. The first kappa shape index (κ1) is 16.5. The SMILES string of the molecule is CCCCCCc1c(C2CC[NH2+]CC2)o[nH]c1=O.[Br-]. The number of aromatic amines is 1. The molecule has 3 N–H and O–H groups in total. The fraction of sp³-hybridized carbons (Fsp3) is 0.786. The second-order valence-corrected chi connectivity index (χ2v) is 5.33. The van der Waals surface area contributed by atoms with E-state index in [-0.39, 0.29) is 22.5 Å². The third-order valence-corrected chi connectivity index (χ3v) is 3.91. The Labute approximate surface area is 125 Å². The lowest BCUT2D eigenvalue weighted by Crippen LogP contribution is -3.00. The number of nitrogens with two attached hydrogens (primary N) is 1. The summed E-state index contributed by atoms with van der Waals surface area (Å²) in [7, 11) is 0. The molecule has 0 aliphatic carbocycles. The van der Waals surface area contributed by atoms with Crippen molar-refractivity contribution in [2.24, 2.45) is 0 Å². The monoisotopic (exact) mass is 332 g/mol. The maximum absolute atomic E-state index is 11.8. The highest BCUT2D eigenvalue weighted by Crippen LogP contribution is 2.26. The molecule has 1 aromatic heterocycles. The molecule has 1 saturated heterocycles. The van der Waals surface area contributed by atoms with E-state index in [9.17, 15) is 4.79 Å². The van der Waals surface area contributed by atoms with Crippen LogP contribution in [-0.2, 0) is 6.42 Å². The molecule has 1 aromatic rings. The van der Waals surface area contributed by atoms with Gasteiger partial charge in [0.15, 0.2) is 0 Å². The number of piperidine rings is 1. The third-order valence-electron chi connectivity index (χ3n) is 3.91. The number of hydrogen-bond acceptors (Lipinski definition) is 2. The molecule has 0 aromatic carbocycles. The number of unbranched alkanes of at least 4 members (excludes halogenated alkanes) is 3. The van der Waals surface area contributed by atoms with Gasteiger partial charge in [-0.25, -0.2) is 0 Å². The molecular formula is C14H25BrN2O2. The maximum atomic E-state index is 11.8. The molecule has 0 saturated carbocycles. The number of nitrogens with one attached hydrogen (secondary N) is 1. The summed E-state index contributed by atoms with van der Waals surface area (Å²) in [6.45, 7) is 4.50. The third kappa shape index (κ3) is 4.49. The minimum Gasteiger partial charge on any atom is -1.00 e. The van der Waals surface area contributed by atoms with E-state index in [4.69, 9.17) is 4.52 Å². The summed E-state index contributed by atoms with van der Waals surface area (Å²) in [5.74, 6) is 1.40. The van der Waals surface area contributed by atoms with Crippen LogP contribution in [0.25, 0.3) is 0 Å². The van der Waals surface area contributed by atoms with Crippen LogP contribution in [0.2, 0.25) is 0 Å². The van der Waals surface area contributed by atoms with Crippen LogP contribution in [0.1, 0.15) is 62.7 Å². The Kier molecular flexibility index (Phi) is 7.46. The van der Waals surface area contributed by atoms with E-state index in [1.54, 1.807) is 0 Å². The molecule has 1 aliphatic heterocycles. The van der Waals surface area contributed by atoms with Crippen LogP contribution in [0.3, 0.4) is 0 Å². The Bertz CT molecular complexity index is 408. The molecule has 110 valence electrons. The summed E-state index contributed by atoms with van der Waals surface area (Å²) in [6.07, 6.45) is 7.92. The summed E-state index contributed by atoms with van der Waals surface area (Å²) in [4.78, 5) is 11.8. The molecule has 0 atom stereocenters. The Hall–Kier alpha value is -0.550. The molecule has 0 unspecified atom stereocenters. The normalized spacial score (nSPS) is 16.3. The molecule has 0 radical (unpaired) electrons. The minimum atomic E-state index is -0.00366. The van der Waals surface area contributed by atoms with Crippen LogP contribution in [0.15, 0.2) is 9.32 Å². The summed E-state index contributed by atoms with van der Waals surface area (Å²) in [6, 6.07) is 0. The van der Waals surface area contributed by atoms with Crippen molar-refractivity contribution in [3.63, 3.8) is 0 Å². The van der Waals surface area contributed by atoms with Gasteiger partial charge in [0.25, 0.3) is 5.56 Å². The quantitative estimate of drug-likeness (QED) is 0.625. The molecule has 2 rings (SSSR count). The second kappa shape index (κ2) is 8.59. The van der Waals surface area contributed by atoms with Gasteiger partial charge in [-0.1, -0.05) is 26.2 Å². The average molecular weight is 333 g/mol. The molecule has 1 fully saturated rings. The summed E-state index contributed by atoms with van der Waals surface area (Å²) in [5, 5.41) is 4.87. The zero-order valence-electron chi connectivity index (χ0n) is 11.7. The predicted octanol–water partition coefficient (Wildman–Crippen LogP) is -1.46. The second-order valence-electron chi connectivity index (χ2n) is 5.33. The first-order valence-corrected chi connectivity index (χ1v) is 7.34. The highest BCUT2D eigenvalue weighted by Gasteiger charge is 2.25. The highest BCUT2D eigenvalue weighted by molar-refractivity contribution is 5.18. The molecule has 4 nitrogen and oxygen atoms in total. The Morgan fingerprint density at radius 1 is 1.26 bits per heavy atom. The summed E-state index contributed by atoms with van der Waals surface area (Å²) < 4.78 is 5.44.